The third kappa shape index (κ3) is 3.63. The molecule has 21 heavy (non-hydrogen) atoms. The average molecular weight is 282 g/mol. The molecule has 0 fully saturated rings. The number of benzene rings is 2. The third-order valence-electron chi connectivity index (χ3n) is 3.64. The number of amides is 1. The maximum absolute atomic E-state index is 11.7. The SMILES string of the molecule is CNC(=O)c1ccc(C)c(NC(C)c2cccc(C)c2)c1. The molecular formula is C18H22N2O. The zero-order chi connectivity index (χ0) is 15.4. The van der Waals surface area contributed by atoms with Gasteiger partial charge in [-0.2, -0.15) is 0 Å². The van der Waals surface area contributed by atoms with E-state index >= 15 is 0 Å². The minimum atomic E-state index is -0.0683. The van der Waals surface area contributed by atoms with Gasteiger partial charge in [-0.15, -0.1) is 0 Å². The van der Waals surface area contributed by atoms with E-state index in [-0.39, 0.29) is 11.9 Å². The van der Waals surface area contributed by atoms with Gasteiger partial charge in [0.25, 0.3) is 5.91 Å². The summed E-state index contributed by atoms with van der Waals surface area (Å²) < 4.78 is 0. The highest BCUT2D eigenvalue weighted by Crippen LogP contribution is 2.23. The van der Waals surface area contributed by atoms with E-state index in [9.17, 15) is 4.79 Å². The Morgan fingerprint density at radius 2 is 1.86 bits per heavy atom. The topological polar surface area (TPSA) is 41.1 Å². The number of anilines is 1. The lowest BCUT2D eigenvalue weighted by Crippen LogP contribution is -2.18. The highest BCUT2D eigenvalue weighted by Gasteiger charge is 2.10. The first kappa shape index (κ1) is 15.1. The number of carbonyl (C=O) groups is 1. The normalized spacial score (nSPS) is 11.8. The molecule has 0 aromatic heterocycles. The lowest BCUT2D eigenvalue weighted by Gasteiger charge is -2.18. The van der Waals surface area contributed by atoms with Crippen molar-refractivity contribution in [1.29, 1.82) is 0 Å². The van der Waals surface area contributed by atoms with Gasteiger partial charge in [-0.3, -0.25) is 4.79 Å². The Labute approximate surface area is 126 Å². The van der Waals surface area contributed by atoms with E-state index in [4.69, 9.17) is 0 Å². The van der Waals surface area contributed by atoms with Gasteiger partial charge in [-0.1, -0.05) is 35.9 Å². The van der Waals surface area contributed by atoms with Crippen LogP contribution in [0, 0.1) is 13.8 Å². The van der Waals surface area contributed by atoms with Crippen LogP contribution in [-0.2, 0) is 0 Å². The van der Waals surface area contributed by atoms with E-state index < -0.39 is 0 Å². The molecular weight excluding hydrogens is 260 g/mol. The summed E-state index contributed by atoms with van der Waals surface area (Å²) in [6.45, 7) is 6.26. The first-order valence-electron chi connectivity index (χ1n) is 7.17. The predicted molar refractivity (Wildman–Crippen MR) is 87.8 cm³/mol. The van der Waals surface area contributed by atoms with Crippen molar-refractivity contribution in [2.24, 2.45) is 0 Å². The van der Waals surface area contributed by atoms with Crippen molar-refractivity contribution < 1.29 is 4.79 Å². The first-order chi connectivity index (χ1) is 10.0. The lowest BCUT2D eigenvalue weighted by molar-refractivity contribution is 0.0963. The smallest absolute Gasteiger partial charge is 0.251 e. The average Bonchev–Trinajstić information content (AvgIpc) is 2.48. The molecule has 0 aliphatic rings. The number of hydrogen-bond donors (Lipinski definition) is 2. The van der Waals surface area contributed by atoms with Gasteiger partial charge in [-0.05, 0) is 44.0 Å². The van der Waals surface area contributed by atoms with Gasteiger partial charge in [0.15, 0.2) is 0 Å². The summed E-state index contributed by atoms with van der Waals surface area (Å²) in [5.41, 5.74) is 5.27. The second-order valence-corrected chi connectivity index (χ2v) is 5.39. The third-order valence-corrected chi connectivity index (χ3v) is 3.64. The zero-order valence-electron chi connectivity index (χ0n) is 13.0. The Kier molecular flexibility index (Phi) is 4.63. The lowest BCUT2D eigenvalue weighted by atomic mass is 10.0. The van der Waals surface area contributed by atoms with E-state index in [1.165, 1.54) is 11.1 Å². The van der Waals surface area contributed by atoms with Gasteiger partial charge < -0.3 is 10.6 Å². The molecule has 3 heteroatoms. The number of aryl methyl sites for hydroxylation is 2. The molecule has 110 valence electrons. The van der Waals surface area contributed by atoms with E-state index in [2.05, 4.69) is 48.7 Å². The van der Waals surface area contributed by atoms with Gasteiger partial charge in [0, 0.05) is 24.3 Å². The van der Waals surface area contributed by atoms with E-state index in [1.807, 2.05) is 25.1 Å². The summed E-state index contributed by atoms with van der Waals surface area (Å²) >= 11 is 0. The molecule has 2 rings (SSSR count). The van der Waals surface area contributed by atoms with Crippen LogP contribution in [0.1, 0.15) is 40.0 Å². The maximum atomic E-state index is 11.7. The molecule has 1 unspecified atom stereocenters. The van der Waals surface area contributed by atoms with Crippen LogP contribution in [0.3, 0.4) is 0 Å². The number of nitrogens with one attached hydrogen (secondary N) is 2. The van der Waals surface area contributed by atoms with E-state index in [0.717, 1.165) is 11.3 Å². The summed E-state index contributed by atoms with van der Waals surface area (Å²) in [4.78, 5) is 11.7. The van der Waals surface area contributed by atoms with Crippen molar-refractivity contribution in [2.75, 3.05) is 12.4 Å². The van der Waals surface area contributed by atoms with Crippen LogP contribution in [0.5, 0.6) is 0 Å². The van der Waals surface area contributed by atoms with Gasteiger partial charge in [0.2, 0.25) is 0 Å². The molecule has 0 radical (unpaired) electrons. The first-order valence-corrected chi connectivity index (χ1v) is 7.17. The Balaban J connectivity index is 2.24. The van der Waals surface area contributed by atoms with Crippen molar-refractivity contribution in [3.8, 4) is 0 Å². The Hall–Kier alpha value is -2.29. The van der Waals surface area contributed by atoms with Crippen molar-refractivity contribution in [2.45, 2.75) is 26.8 Å². The van der Waals surface area contributed by atoms with Crippen molar-refractivity contribution in [3.05, 3.63) is 64.7 Å². The fraction of sp³-hybridized carbons (Fsp3) is 0.278. The summed E-state index contributed by atoms with van der Waals surface area (Å²) in [6, 6.07) is 14.3. The quantitative estimate of drug-likeness (QED) is 0.894. The Bertz CT molecular complexity index is 649. The molecule has 0 aliphatic heterocycles. The molecule has 0 saturated carbocycles. The van der Waals surface area contributed by atoms with Crippen LogP contribution in [-0.4, -0.2) is 13.0 Å². The zero-order valence-corrected chi connectivity index (χ0v) is 13.0. The minimum absolute atomic E-state index is 0.0683. The Morgan fingerprint density at radius 3 is 2.52 bits per heavy atom. The molecule has 0 aliphatic carbocycles. The van der Waals surface area contributed by atoms with Crippen LogP contribution < -0.4 is 10.6 Å². The van der Waals surface area contributed by atoms with Gasteiger partial charge >= 0.3 is 0 Å². The fourth-order valence-electron chi connectivity index (χ4n) is 2.32. The van der Waals surface area contributed by atoms with Crippen LogP contribution in [0.25, 0.3) is 0 Å². The van der Waals surface area contributed by atoms with E-state index in [1.54, 1.807) is 7.05 Å². The molecule has 1 atom stereocenters. The fourth-order valence-corrected chi connectivity index (χ4v) is 2.32. The molecule has 0 heterocycles. The molecule has 2 aromatic rings. The maximum Gasteiger partial charge on any atom is 0.251 e. The molecule has 3 nitrogen and oxygen atoms in total. The van der Waals surface area contributed by atoms with Gasteiger partial charge in [0.05, 0.1) is 0 Å². The predicted octanol–water partition coefficient (Wildman–Crippen LogP) is 3.84. The Morgan fingerprint density at radius 1 is 1.10 bits per heavy atom. The molecule has 0 saturated heterocycles. The minimum Gasteiger partial charge on any atom is -0.378 e. The summed E-state index contributed by atoms with van der Waals surface area (Å²) in [7, 11) is 1.64. The number of carbonyl (C=O) groups excluding carboxylic acids is 1. The molecule has 1 amide bonds. The number of hydrogen-bond acceptors (Lipinski definition) is 2. The van der Waals surface area contributed by atoms with Crippen LogP contribution >= 0.6 is 0 Å². The van der Waals surface area contributed by atoms with Crippen LogP contribution in [0.15, 0.2) is 42.5 Å². The molecule has 2 N–H and O–H groups in total. The molecule has 0 bridgehead atoms. The second-order valence-electron chi connectivity index (χ2n) is 5.39. The van der Waals surface area contributed by atoms with E-state index in [0.29, 0.717) is 5.56 Å². The number of rotatable bonds is 4. The van der Waals surface area contributed by atoms with Crippen molar-refractivity contribution in [1.82, 2.24) is 5.32 Å². The monoisotopic (exact) mass is 282 g/mol. The highest BCUT2D eigenvalue weighted by molar-refractivity contribution is 5.95. The van der Waals surface area contributed by atoms with Crippen molar-refractivity contribution >= 4 is 11.6 Å². The summed E-state index contributed by atoms with van der Waals surface area (Å²) in [6.07, 6.45) is 0. The van der Waals surface area contributed by atoms with Gasteiger partial charge in [-0.25, -0.2) is 0 Å². The van der Waals surface area contributed by atoms with Crippen LogP contribution in [0.2, 0.25) is 0 Å². The van der Waals surface area contributed by atoms with Crippen LogP contribution in [0.4, 0.5) is 5.69 Å². The summed E-state index contributed by atoms with van der Waals surface area (Å²) in [5.74, 6) is -0.0683. The summed E-state index contributed by atoms with van der Waals surface area (Å²) in [5, 5.41) is 6.15. The second kappa shape index (κ2) is 6.44. The largest absolute Gasteiger partial charge is 0.378 e. The van der Waals surface area contributed by atoms with Crippen molar-refractivity contribution in [3.63, 3.8) is 0 Å². The van der Waals surface area contributed by atoms with Gasteiger partial charge in [0.1, 0.15) is 0 Å². The highest BCUT2D eigenvalue weighted by atomic mass is 16.1. The molecule has 2 aromatic carbocycles. The molecule has 0 spiro atoms. The standard InChI is InChI=1S/C18H22N2O/c1-12-6-5-7-15(10-12)14(3)20-17-11-16(18(21)19-4)9-8-13(17)2/h5-11,14,20H,1-4H3,(H,19,21).